The van der Waals surface area contributed by atoms with Crippen molar-refractivity contribution in [2.24, 2.45) is 11.8 Å². The van der Waals surface area contributed by atoms with E-state index in [1.54, 1.807) is 17.6 Å². The monoisotopic (exact) mass is 347 g/mol. The topological polar surface area (TPSA) is 41.7 Å². The smallest absolute Gasteiger partial charge is 0.117 e. The molecule has 0 unspecified atom stereocenters. The van der Waals surface area contributed by atoms with Gasteiger partial charge in [0.05, 0.1) is 32.1 Å². The first kappa shape index (κ1) is 16.3. The van der Waals surface area contributed by atoms with Crippen molar-refractivity contribution in [3.05, 3.63) is 40.7 Å². The predicted molar refractivity (Wildman–Crippen MR) is 93.8 cm³/mol. The van der Waals surface area contributed by atoms with E-state index in [0.29, 0.717) is 12.0 Å². The van der Waals surface area contributed by atoms with Crippen LogP contribution in [-0.2, 0) is 17.8 Å². The minimum Gasteiger partial charge on any atom is -0.468 e. The van der Waals surface area contributed by atoms with Crippen LogP contribution in [-0.4, -0.2) is 54.2 Å². The molecule has 0 radical (unpaired) electrons. The molecular formula is C18H25N3O2S. The van der Waals surface area contributed by atoms with Gasteiger partial charge in [0.2, 0.25) is 0 Å². The summed E-state index contributed by atoms with van der Waals surface area (Å²) in [6.07, 6.45) is 5.21. The summed E-state index contributed by atoms with van der Waals surface area (Å²) >= 11 is 1.75. The molecule has 0 aliphatic carbocycles. The molecule has 4 rings (SSSR count). The van der Waals surface area contributed by atoms with Crippen molar-refractivity contribution in [3.63, 3.8) is 0 Å². The van der Waals surface area contributed by atoms with E-state index in [1.165, 1.54) is 18.0 Å². The number of hydrogen-bond acceptors (Lipinski definition) is 6. The summed E-state index contributed by atoms with van der Waals surface area (Å²) in [5.41, 5.74) is 0. The summed E-state index contributed by atoms with van der Waals surface area (Å²) in [6.45, 7) is 6.01. The number of likely N-dealkylation sites (N-methyl/N-ethyl adjacent to an activating group) is 1. The molecule has 0 saturated carbocycles. The quantitative estimate of drug-likeness (QED) is 0.804. The van der Waals surface area contributed by atoms with Crippen LogP contribution in [0.25, 0.3) is 0 Å². The van der Waals surface area contributed by atoms with Gasteiger partial charge >= 0.3 is 0 Å². The second kappa shape index (κ2) is 7.35. The van der Waals surface area contributed by atoms with E-state index in [1.807, 2.05) is 18.3 Å². The maximum atomic E-state index is 6.16. The normalized spacial score (nSPS) is 27.7. The molecule has 2 fully saturated rings. The van der Waals surface area contributed by atoms with E-state index in [-0.39, 0.29) is 0 Å². The molecule has 2 aromatic rings. The average molecular weight is 347 g/mol. The van der Waals surface area contributed by atoms with E-state index in [2.05, 4.69) is 27.2 Å². The van der Waals surface area contributed by atoms with Gasteiger partial charge in [0.1, 0.15) is 10.8 Å². The Labute approximate surface area is 147 Å². The van der Waals surface area contributed by atoms with Gasteiger partial charge < -0.3 is 9.15 Å². The minimum absolute atomic E-state index is 0.328. The number of piperidine rings is 1. The highest BCUT2D eigenvalue weighted by molar-refractivity contribution is 7.09. The van der Waals surface area contributed by atoms with Crippen molar-refractivity contribution in [1.29, 1.82) is 0 Å². The summed E-state index contributed by atoms with van der Waals surface area (Å²) in [7, 11) is 2.15. The van der Waals surface area contributed by atoms with Crippen LogP contribution in [0.2, 0.25) is 0 Å². The third-order valence-corrected chi connectivity index (χ3v) is 6.00. The van der Waals surface area contributed by atoms with Crippen molar-refractivity contribution >= 4 is 11.3 Å². The SMILES string of the molecule is CN(Cc1ccco1)C[C@H]1OC[C@@H]2CCN(Cc3nccs3)C[C@@H]21. The molecule has 130 valence electrons. The Bertz CT molecular complexity index is 616. The van der Waals surface area contributed by atoms with Crippen molar-refractivity contribution in [2.75, 3.05) is 33.3 Å². The van der Waals surface area contributed by atoms with Gasteiger partial charge in [-0.3, -0.25) is 9.80 Å². The highest BCUT2D eigenvalue weighted by atomic mass is 32.1. The molecule has 4 heterocycles. The average Bonchev–Trinajstić information content (AvgIpc) is 3.31. The maximum Gasteiger partial charge on any atom is 0.117 e. The molecule has 0 bridgehead atoms. The van der Waals surface area contributed by atoms with Crippen LogP contribution in [0.1, 0.15) is 17.2 Å². The first-order chi connectivity index (χ1) is 11.8. The molecule has 2 saturated heterocycles. The van der Waals surface area contributed by atoms with E-state index in [0.717, 1.165) is 44.5 Å². The first-order valence-electron chi connectivity index (χ1n) is 8.71. The van der Waals surface area contributed by atoms with Crippen molar-refractivity contribution < 1.29 is 9.15 Å². The van der Waals surface area contributed by atoms with Crippen LogP contribution in [0, 0.1) is 11.8 Å². The van der Waals surface area contributed by atoms with Gasteiger partial charge in [-0.1, -0.05) is 0 Å². The van der Waals surface area contributed by atoms with E-state index < -0.39 is 0 Å². The maximum absolute atomic E-state index is 6.16. The molecule has 0 aromatic carbocycles. The number of hydrogen-bond donors (Lipinski definition) is 0. The number of rotatable bonds is 6. The molecule has 2 aromatic heterocycles. The van der Waals surface area contributed by atoms with Crippen LogP contribution in [0.15, 0.2) is 34.4 Å². The Hall–Kier alpha value is -1.21. The highest BCUT2D eigenvalue weighted by Crippen LogP contribution is 2.35. The Morgan fingerprint density at radius 1 is 1.46 bits per heavy atom. The van der Waals surface area contributed by atoms with Gasteiger partial charge in [0.25, 0.3) is 0 Å². The lowest BCUT2D eigenvalue weighted by Crippen LogP contribution is -2.44. The fourth-order valence-corrected chi connectivity index (χ4v) is 4.65. The second-order valence-electron chi connectivity index (χ2n) is 7.02. The van der Waals surface area contributed by atoms with Crippen molar-refractivity contribution in [1.82, 2.24) is 14.8 Å². The van der Waals surface area contributed by atoms with Crippen LogP contribution in [0.5, 0.6) is 0 Å². The van der Waals surface area contributed by atoms with Gasteiger partial charge in [-0.2, -0.15) is 0 Å². The van der Waals surface area contributed by atoms with Crippen LogP contribution >= 0.6 is 11.3 Å². The molecule has 0 spiro atoms. The second-order valence-corrected chi connectivity index (χ2v) is 8.00. The molecule has 3 atom stereocenters. The number of furan rings is 1. The fraction of sp³-hybridized carbons (Fsp3) is 0.611. The highest BCUT2D eigenvalue weighted by Gasteiger charge is 2.41. The Balaban J connectivity index is 1.33. The van der Waals surface area contributed by atoms with Gasteiger partial charge in [-0.25, -0.2) is 4.98 Å². The van der Waals surface area contributed by atoms with Crippen LogP contribution in [0.3, 0.4) is 0 Å². The Kier molecular flexibility index (Phi) is 4.98. The zero-order chi connectivity index (χ0) is 16.4. The number of ether oxygens (including phenoxy) is 1. The van der Waals surface area contributed by atoms with Crippen LogP contribution < -0.4 is 0 Å². The lowest BCUT2D eigenvalue weighted by atomic mass is 9.84. The lowest BCUT2D eigenvalue weighted by Gasteiger charge is -2.36. The third kappa shape index (κ3) is 3.72. The van der Waals surface area contributed by atoms with E-state index in [4.69, 9.17) is 9.15 Å². The van der Waals surface area contributed by atoms with E-state index in [9.17, 15) is 0 Å². The fourth-order valence-electron chi connectivity index (χ4n) is 3.99. The summed E-state index contributed by atoms with van der Waals surface area (Å²) < 4.78 is 11.6. The summed E-state index contributed by atoms with van der Waals surface area (Å²) in [6, 6.07) is 3.98. The van der Waals surface area contributed by atoms with Gasteiger partial charge in [0.15, 0.2) is 0 Å². The van der Waals surface area contributed by atoms with Crippen LogP contribution in [0.4, 0.5) is 0 Å². The van der Waals surface area contributed by atoms with Gasteiger partial charge in [-0.15, -0.1) is 11.3 Å². The predicted octanol–water partition coefficient (Wildman–Crippen LogP) is 2.71. The molecule has 24 heavy (non-hydrogen) atoms. The van der Waals surface area contributed by atoms with E-state index >= 15 is 0 Å². The third-order valence-electron chi connectivity index (χ3n) is 5.23. The molecule has 0 N–H and O–H groups in total. The summed E-state index contributed by atoms with van der Waals surface area (Å²) in [4.78, 5) is 9.29. The summed E-state index contributed by atoms with van der Waals surface area (Å²) in [5, 5.41) is 3.28. The number of nitrogens with zero attached hydrogens (tertiary/aromatic N) is 3. The molecule has 2 aliphatic heterocycles. The van der Waals surface area contributed by atoms with Crippen molar-refractivity contribution in [2.45, 2.75) is 25.6 Å². The molecule has 0 amide bonds. The molecule has 6 heteroatoms. The molecule has 2 aliphatic rings. The Morgan fingerprint density at radius 3 is 3.21 bits per heavy atom. The number of thiazole rings is 1. The van der Waals surface area contributed by atoms with Gasteiger partial charge in [0, 0.05) is 30.6 Å². The number of fused-ring (bicyclic) bond motifs is 1. The van der Waals surface area contributed by atoms with Gasteiger partial charge in [-0.05, 0) is 38.1 Å². The standard InChI is InChI=1S/C18H25N3O2S/c1-20(9-15-3-2-7-22-15)11-17-16-10-21(6-4-14(16)13-23-17)12-18-19-5-8-24-18/h2-3,5,7-8,14,16-17H,4,6,9-13H2,1H3/t14-,16-,17+/m0/s1. The largest absolute Gasteiger partial charge is 0.468 e. The minimum atomic E-state index is 0.328. The first-order valence-corrected chi connectivity index (χ1v) is 9.59. The molecular weight excluding hydrogens is 322 g/mol. The zero-order valence-electron chi connectivity index (χ0n) is 14.1. The lowest BCUT2D eigenvalue weighted by molar-refractivity contribution is 0.0459. The Morgan fingerprint density at radius 2 is 2.42 bits per heavy atom. The zero-order valence-corrected chi connectivity index (χ0v) is 15.0. The number of likely N-dealkylation sites (tertiary alicyclic amines) is 1. The number of aromatic nitrogens is 1. The van der Waals surface area contributed by atoms with Crippen molar-refractivity contribution in [3.8, 4) is 0 Å². The molecule has 5 nitrogen and oxygen atoms in total. The summed E-state index contributed by atoms with van der Waals surface area (Å²) in [5.74, 6) is 2.37.